The van der Waals surface area contributed by atoms with E-state index in [0.29, 0.717) is 6.04 Å². The molecule has 2 N–H and O–H groups in total. The fourth-order valence-corrected chi connectivity index (χ4v) is 2.39. The lowest BCUT2D eigenvalue weighted by atomic mass is 10.1. The van der Waals surface area contributed by atoms with E-state index in [1.54, 1.807) is 0 Å². The summed E-state index contributed by atoms with van der Waals surface area (Å²) < 4.78 is 5.49. The first-order valence-electron chi connectivity index (χ1n) is 5.59. The Hall–Kier alpha value is -1.22. The highest BCUT2D eigenvalue weighted by Crippen LogP contribution is 2.30. The molecule has 0 aliphatic carbocycles. The van der Waals surface area contributed by atoms with E-state index in [1.165, 1.54) is 11.3 Å². The second kappa shape index (κ2) is 3.42. The van der Waals surface area contributed by atoms with Gasteiger partial charge in [0, 0.05) is 31.2 Å². The van der Waals surface area contributed by atoms with Crippen molar-refractivity contribution in [2.24, 2.45) is 5.73 Å². The van der Waals surface area contributed by atoms with Crippen LogP contribution in [0.2, 0.25) is 0 Å². The third kappa shape index (κ3) is 1.57. The molecular weight excluding hydrogens is 188 g/mol. The Labute approximate surface area is 89.8 Å². The van der Waals surface area contributed by atoms with Crippen LogP contribution >= 0.6 is 0 Å². The second-order valence-electron chi connectivity index (χ2n) is 4.39. The molecular formula is C12H16N2O. The van der Waals surface area contributed by atoms with Crippen LogP contribution in [-0.4, -0.2) is 25.7 Å². The van der Waals surface area contributed by atoms with Crippen LogP contribution in [0.1, 0.15) is 12.0 Å². The zero-order valence-corrected chi connectivity index (χ0v) is 8.78. The molecule has 2 heterocycles. The van der Waals surface area contributed by atoms with E-state index in [2.05, 4.69) is 23.1 Å². The van der Waals surface area contributed by atoms with E-state index < -0.39 is 0 Å². The summed E-state index contributed by atoms with van der Waals surface area (Å²) in [5, 5.41) is 0. The maximum absolute atomic E-state index is 5.91. The van der Waals surface area contributed by atoms with Crippen molar-refractivity contribution in [3.63, 3.8) is 0 Å². The predicted molar refractivity (Wildman–Crippen MR) is 60.4 cm³/mol. The summed E-state index contributed by atoms with van der Waals surface area (Å²) in [6, 6.07) is 6.82. The fourth-order valence-electron chi connectivity index (χ4n) is 2.39. The van der Waals surface area contributed by atoms with E-state index in [1.807, 2.05) is 0 Å². The number of nitrogens with two attached hydrogens (primary N) is 1. The fraction of sp³-hybridized carbons (Fsp3) is 0.500. The van der Waals surface area contributed by atoms with Crippen molar-refractivity contribution >= 4 is 5.69 Å². The molecule has 3 rings (SSSR count). The average Bonchev–Trinajstić information content (AvgIpc) is 2.84. The highest BCUT2D eigenvalue weighted by Gasteiger charge is 2.21. The molecule has 0 radical (unpaired) electrons. The van der Waals surface area contributed by atoms with Crippen molar-refractivity contribution < 1.29 is 4.74 Å². The van der Waals surface area contributed by atoms with E-state index in [4.69, 9.17) is 10.5 Å². The molecule has 1 fully saturated rings. The van der Waals surface area contributed by atoms with Gasteiger partial charge in [0.2, 0.25) is 0 Å². The molecule has 3 heteroatoms. The summed E-state index contributed by atoms with van der Waals surface area (Å²) in [5.41, 5.74) is 8.55. The van der Waals surface area contributed by atoms with Gasteiger partial charge < -0.3 is 15.4 Å². The van der Waals surface area contributed by atoms with Gasteiger partial charge in [0.05, 0.1) is 6.61 Å². The van der Waals surface area contributed by atoms with Crippen LogP contribution in [0.15, 0.2) is 18.2 Å². The molecule has 3 nitrogen and oxygen atoms in total. The zero-order valence-electron chi connectivity index (χ0n) is 8.78. The lowest BCUT2D eigenvalue weighted by molar-refractivity contribution is 0.357. The average molecular weight is 204 g/mol. The molecule has 1 aromatic rings. The van der Waals surface area contributed by atoms with Gasteiger partial charge in [-0.3, -0.25) is 0 Å². The van der Waals surface area contributed by atoms with Crippen LogP contribution in [0.3, 0.4) is 0 Å². The monoisotopic (exact) mass is 204 g/mol. The van der Waals surface area contributed by atoms with Gasteiger partial charge in [-0.15, -0.1) is 0 Å². The third-order valence-electron chi connectivity index (χ3n) is 3.26. The normalized spacial score (nSPS) is 24.1. The molecule has 0 saturated carbocycles. The third-order valence-corrected chi connectivity index (χ3v) is 3.26. The Balaban J connectivity index is 1.87. The number of rotatable bonds is 1. The van der Waals surface area contributed by atoms with Crippen molar-refractivity contribution in [3.8, 4) is 5.75 Å². The van der Waals surface area contributed by atoms with E-state index in [-0.39, 0.29) is 0 Å². The Morgan fingerprint density at radius 1 is 1.40 bits per heavy atom. The van der Waals surface area contributed by atoms with Crippen molar-refractivity contribution in [2.75, 3.05) is 24.6 Å². The number of anilines is 1. The largest absolute Gasteiger partial charge is 0.493 e. The number of fused-ring (bicyclic) bond motifs is 1. The standard InChI is InChI=1S/C12H16N2O/c13-10-3-5-14(8-10)11-1-2-12-9(7-11)4-6-15-12/h1-2,7,10H,3-6,8,13H2. The van der Waals surface area contributed by atoms with Crippen LogP contribution < -0.4 is 15.4 Å². The number of hydrogen-bond acceptors (Lipinski definition) is 3. The molecule has 0 amide bonds. The van der Waals surface area contributed by atoms with Gasteiger partial charge >= 0.3 is 0 Å². The minimum atomic E-state index is 0.342. The Morgan fingerprint density at radius 3 is 3.13 bits per heavy atom. The van der Waals surface area contributed by atoms with Gasteiger partial charge in [0.15, 0.2) is 0 Å². The van der Waals surface area contributed by atoms with Crippen molar-refractivity contribution in [3.05, 3.63) is 23.8 Å². The smallest absolute Gasteiger partial charge is 0.122 e. The summed E-state index contributed by atoms with van der Waals surface area (Å²) in [4.78, 5) is 2.36. The number of ether oxygens (including phenoxy) is 1. The highest BCUT2D eigenvalue weighted by atomic mass is 16.5. The van der Waals surface area contributed by atoms with Gasteiger partial charge in [-0.2, -0.15) is 0 Å². The zero-order chi connectivity index (χ0) is 10.3. The first-order chi connectivity index (χ1) is 7.33. The maximum atomic E-state index is 5.91. The summed E-state index contributed by atoms with van der Waals surface area (Å²) in [7, 11) is 0. The summed E-state index contributed by atoms with van der Waals surface area (Å²) in [6.07, 6.45) is 2.15. The van der Waals surface area contributed by atoms with Gasteiger partial charge in [-0.05, 0) is 30.2 Å². The Morgan fingerprint density at radius 2 is 2.33 bits per heavy atom. The van der Waals surface area contributed by atoms with E-state index in [9.17, 15) is 0 Å². The second-order valence-corrected chi connectivity index (χ2v) is 4.39. The molecule has 0 spiro atoms. The first-order valence-corrected chi connectivity index (χ1v) is 5.59. The van der Waals surface area contributed by atoms with E-state index in [0.717, 1.165) is 38.3 Å². The molecule has 1 unspecified atom stereocenters. The maximum Gasteiger partial charge on any atom is 0.122 e. The molecule has 0 bridgehead atoms. The highest BCUT2D eigenvalue weighted by molar-refractivity contribution is 5.55. The molecule has 1 atom stereocenters. The van der Waals surface area contributed by atoms with Gasteiger partial charge in [0.25, 0.3) is 0 Å². The molecule has 0 aromatic heterocycles. The predicted octanol–water partition coefficient (Wildman–Crippen LogP) is 1.16. The van der Waals surface area contributed by atoms with Crippen LogP contribution in [-0.2, 0) is 6.42 Å². The van der Waals surface area contributed by atoms with Crippen molar-refractivity contribution in [1.29, 1.82) is 0 Å². The Bertz CT molecular complexity index is 378. The first kappa shape index (κ1) is 9.04. The number of benzene rings is 1. The van der Waals surface area contributed by atoms with Crippen LogP contribution in [0, 0.1) is 0 Å². The van der Waals surface area contributed by atoms with E-state index >= 15 is 0 Å². The van der Waals surface area contributed by atoms with Gasteiger partial charge in [-0.1, -0.05) is 0 Å². The lowest BCUT2D eigenvalue weighted by Gasteiger charge is -2.18. The quantitative estimate of drug-likeness (QED) is 0.746. The Kier molecular flexibility index (Phi) is 2.06. The summed E-state index contributed by atoms with van der Waals surface area (Å²) in [5.74, 6) is 1.06. The van der Waals surface area contributed by atoms with Crippen LogP contribution in [0.25, 0.3) is 0 Å². The molecule has 1 aromatic carbocycles. The van der Waals surface area contributed by atoms with Gasteiger partial charge in [-0.25, -0.2) is 0 Å². The van der Waals surface area contributed by atoms with Crippen LogP contribution in [0.5, 0.6) is 5.75 Å². The topological polar surface area (TPSA) is 38.5 Å². The minimum Gasteiger partial charge on any atom is -0.493 e. The molecule has 15 heavy (non-hydrogen) atoms. The lowest BCUT2D eigenvalue weighted by Crippen LogP contribution is -2.26. The molecule has 2 aliphatic rings. The number of hydrogen-bond donors (Lipinski definition) is 1. The van der Waals surface area contributed by atoms with Gasteiger partial charge in [0.1, 0.15) is 5.75 Å². The number of nitrogens with zero attached hydrogens (tertiary/aromatic N) is 1. The SMILES string of the molecule is NC1CCN(c2ccc3c(c2)CCO3)C1. The molecule has 2 aliphatic heterocycles. The minimum absolute atomic E-state index is 0.342. The summed E-state index contributed by atoms with van der Waals surface area (Å²) in [6.45, 7) is 2.90. The van der Waals surface area contributed by atoms with Crippen molar-refractivity contribution in [2.45, 2.75) is 18.9 Å². The van der Waals surface area contributed by atoms with Crippen molar-refractivity contribution in [1.82, 2.24) is 0 Å². The van der Waals surface area contributed by atoms with Crippen LogP contribution in [0.4, 0.5) is 5.69 Å². The summed E-state index contributed by atoms with van der Waals surface area (Å²) >= 11 is 0. The molecule has 1 saturated heterocycles. The molecule has 80 valence electrons.